The van der Waals surface area contributed by atoms with Crippen molar-refractivity contribution in [2.75, 3.05) is 13.1 Å². The molecule has 1 aliphatic heterocycles. The van der Waals surface area contributed by atoms with Crippen LogP contribution in [0.1, 0.15) is 34.1 Å². The van der Waals surface area contributed by atoms with Gasteiger partial charge < -0.3 is 15.7 Å². The summed E-state index contributed by atoms with van der Waals surface area (Å²) in [6.07, 6.45) is 0.635. The van der Waals surface area contributed by atoms with Gasteiger partial charge in [-0.15, -0.1) is 0 Å². The second kappa shape index (κ2) is 3.76. The summed E-state index contributed by atoms with van der Waals surface area (Å²) in [5, 5.41) is 9.76. The molecule has 1 amide bonds. The maximum absolute atomic E-state index is 12.0. The fraction of sp³-hybridized carbons (Fsp3) is 0.909. The second-order valence-corrected chi connectivity index (χ2v) is 5.85. The van der Waals surface area contributed by atoms with Crippen LogP contribution in [0.15, 0.2) is 0 Å². The fourth-order valence-electron chi connectivity index (χ4n) is 1.70. The zero-order valence-corrected chi connectivity index (χ0v) is 10.1. The number of aliphatic hydroxyl groups is 1. The molecular weight excluding hydrogens is 192 g/mol. The van der Waals surface area contributed by atoms with Gasteiger partial charge >= 0.3 is 0 Å². The van der Waals surface area contributed by atoms with Crippen molar-refractivity contribution in [3.8, 4) is 0 Å². The van der Waals surface area contributed by atoms with E-state index in [0.717, 1.165) is 0 Å². The minimum Gasteiger partial charge on any atom is -0.388 e. The highest BCUT2D eigenvalue weighted by atomic mass is 16.3. The Hall–Kier alpha value is -0.610. The first kappa shape index (κ1) is 12.5. The van der Waals surface area contributed by atoms with Crippen molar-refractivity contribution >= 4 is 5.91 Å². The van der Waals surface area contributed by atoms with Gasteiger partial charge in [-0.1, -0.05) is 20.8 Å². The summed E-state index contributed by atoms with van der Waals surface area (Å²) in [6.45, 7) is 8.60. The first-order valence-corrected chi connectivity index (χ1v) is 5.40. The van der Waals surface area contributed by atoms with E-state index in [1.54, 1.807) is 11.8 Å². The van der Waals surface area contributed by atoms with Crippen LogP contribution in [0.25, 0.3) is 0 Å². The molecule has 88 valence electrons. The molecule has 1 aliphatic rings. The number of amides is 1. The van der Waals surface area contributed by atoms with E-state index in [1.165, 1.54) is 0 Å². The molecule has 1 unspecified atom stereocenters. The van der Waals surface area contributed by atoms with Crippen LogP contribution in [-0.4, -0.2) is 40.6 Å². The standard InChI is InChI=1S/C11H22N2O2/c1-10(2,3)8(12)9(14)13-6-5-11(4,15)7-13/h8,15H,5-7,12H2,1-4H3/t8-,11?/m1/s1. The predicted molar refractivity (Wildman–Crippen MR) is 59.3 cm³/mol. The molecule has 1 saturated heterocycles. The Kier molecular flexibility index (Phi) is 3.12. The second-order valence-electron chi connectivity index (χ2n) is 5.85. The van der Waals surface area contributed by atoms with Gasteiger partial charge in [0.25, 0.3) is 0 Å². The normalized spacial score (nSPS) is 29.3. The third kappa shape index (κ3) is 2.92. The van der Waals surface area contributed by atoms with Gasteiger partial charge in [-0.05, 0) is 18.8 Å². The number of rotatable bonds is 1. The van der Waals surface area contributed by atoms with Gasteiger partial charge in [0.15, 0.2) is 0 Å². The van der Waals surface area contributed by atoms with E-state index in [9.17, 15) is 9.90 Å². The highest BCUT2D eigenvalue weighted by molar-refractivity contribution is 5.82. The lowest BCUT2D eigenvalue weighted by atomic mass is 9.86. The zero-order chi connectivity index (χ0) is 11.9. The van der Waals surface area contributed by atoms with E-state index in [-0.39, 0.29) is 11.3 Å². The monoisotopic (exact) mass is 214 g/mol. The lowest BCUT2D eigenvalue weighted by Gasteiger charge is -2.30. The molecule has 0 radical (unpaired) electrons. The quantitative estimate of drug-likeness (QED) is 0.661. The van der Waals surface area contributed by atoms with Crippen molar-refractivity contribution in [2.45, 2.75) is 45.8 Å². The van der Waals surface area contributed by atoms with Crippen LogP contribution in [0.4, 0.5) is 0 Å². The summed E-state index contributed by atoms with van der Waals surface area (Å²) in [5.74, 6) is -0.0553. The van der Waals surface area contributed by atoms with Crippen molar-refractivity contribution in [3.63, 3.8) is 0 Å². The summed E-state index contributed by atoms with van der Waals surface area (Å²) in [5.41, 5.74) is 4.92. The third-order valence-electron chi connectivity index (χ3n) is 2.96. The van der Waals surface area contributed by atoms with Crippen molar-refractivity contribution < 1.29 is 9.90 Å². The number of β-amino-alcohol motifs (C(OH)–C–C–N with tert-alkyl or cyclic N) is 1. The lowest BCUT2D eigenvalue weighted by Crippen LogP contribution is -2.50. The molecule has 0 aliphatic carbocycles. The highest BCUT2D eigenvalue weighted by Crippen LogP contribution is 2.24. The van der Waals surface area contributed by atoms with Gasteiger partial charge in [0.2, 0.25) is 5.91 Å². The minimum atomic E-state index is -0.743. The molecule has 0 aromatic heterocycles. The van der Waals surface area contributed by atoms with Gasteiger partial charge in [-0.2, -0.15) is 0 Å². The molecule has 0 bridgehead atoms. The van der Waals surface area contributed by atoms with E-state index in [1.807, 2.05) is 20.8 Å². The maximum Gasteiger partial charge on any atom is 0.240 e. The maximum atomic E-state index is 12.0. The van der Waals surface area contributed by atoms with Crippen LogP contribution in [-0.2, 0) is 4.79 Å². The minimum absolute atomic E-state index is 0.0553. The summed E-state index contributed by atoms with van der Waals surface area (Å²) in [4.78, 5) is 13.6. The Morgan fingerprint density at radius 2 is 2.07 bits per heavy atom. The van der Waals surface area contributed by atoms with E-state index >= 15 is 0 Å². The van der Waals surface area contributed by atoms with Crippen molar-refractivity contribution in [3.05, 3.63) is 0 Å². The van der Waals surface area contributed by atoms with E-state index < -0.39 is 11.6 Å². The van der Waals surface area contributed by atoms with Crippen LogP contribution in [0.5, 0.6) is 0 Å². The van der Waals surface area contributed by atoms with Gasteiger partial charge in [0, 0.05) is 13.1 Å². The number of likely N-dealkylation sites (tertiary alicyclic amines) is 1. The SMILES string of the molecule is CC1(O)CCN(C(=O)[C@@H](N)C(C)(C)C)C1. The summed E-state index contributed by atoms with van der Waals surface area (Å²) in [6, 6.07) is -0.494. The van der Waals surface area contributed by atoms with Gasteiger partial charge in [0.05, 0.1) is 11.6 Å². The number of hydrogen-bond acceptors (Lipinski definition) is 3. The number of hydrogen-bond donors (Lipinski definition) is 2. The van der Waals surface area contributed by atoms with Crippen molar-refractivity contribution in [2.24, 2.45) is 11.1 Å². The summed E-state index contributed by atoms with van der Waals surface area (Å²) >= 11 is 0. The Bertz CT molecular complexity index is 256. The fourth-order valence-corrected chi connectivity index (χ4v) is 1.70. The summed E-state index contributed by atoms with van der Waals surface area (Å²) in [7, 11) is 0. The Labute approximate surface area is 91.4 Å². The predicted octanol–water partition coefficient (Wildman–Crippen LogP) is 0.343. The molecular formula is C11H22N2O2. The van der Waals surface area contributed by atoms with Crippen LogP contribution in [0.3, 0.4) is 0 Å². The first-order chi connectivity index (χ1) is 6.63. The molecule has 0 aromatic carbocycles. The molecule has 0 spiro atoms. The molecule has 3 N–H and O–H groups in total. The largest absolute Gasteiger partial charge is 0.388 e. The molecule has 1 rings (SSSR count). The molecule has 1 fully saturated rings. The van der Waals surface area contributed by atoms with Crippen molar-refractivity contribution in [1.29, 1.82) is 0 Å². The Balaban J connectivity index is 2.64. The number of nitrogens with two attached hydrogens (primary N) is 1. The molecule has 0 aromatic rings. The average Bonchev–Trinajstić information content (AvgIpc) is 2.42. The highest BCUT2D eigenvalue weighted by Gasteiger charge is 2.38. The van der Waals surface area contributed by atoms with Gasteiger partial charge in [0.1, 0.15) is 0 Å². The van der Waals surface area contributed by atoms with Gasteiger partial charge in [-0.25, -0.2) is 0 Å². The molecule has 1 heterocycles. The van der Waals surface area contributed by atoms with Crippen LogP contribution in [0.2, 0.25) is 0 Å². The number of carbonyl (C=O) groups is 1. The Morgan fingerprint density at radius 1 is 1.53 bits per heavy atom. The van der Waals surface area contributed by atoms with Crippen LogP contribution in [0, 0.1) is 5.41 Å². The van der Waals surface area contributed by atoms with Crippen LogP contribution < -0.4 is 5.73 Å². The van der Waals surface area contributed by atoms with E-state index in [4.69, 9.17) is 5.73 Å². The van der Waals surface area contributed by atoms with E-state index in [2.05, 4.69) is 0 Å². The zero-order valence-electron chi connectivity index (χ0n) is 10.1. The van der Waals surface area contributed by atoms with Gasteiger partial charge in [-0.3, -0.25) is 4.79 Å². The third-order valence-corrected chi connectivity index (χ3v) is 2.96. The molecule has 4 nitrogen and oxygen atoms in total. The Morgan fingerprint density at radius 3 is 2.40 bits per heavy atom. The smallest absolute Gasteiger partial charge is 0.240 e. The average molecular weight is 214 g/mol. The van der Waals surface area contributed by atoms with Crippen LogP contribution >= 0.6 is 0 Å². The lowest BCUT2D eigenvalue weighted by molar-refractivity contribution is -0.134. The molecule has 4 heteroatoms. The first-order valence-electron chi connectivity index (χ1n) is 5.40. The topological polar surface area (TPSA) is 66.6 Å². The molecule has 15 heavy (non-hydrogen) atoms. The number of nitrogens with zero attached hydrogens (tertiary/aromatic N) is 1. The van der Waals surface area contributed by atoms with Crippen molar-refractivity contribution in [1.82, 2.24) is 4.90 Å². The number of carbonyl (C=O) groups excluding carboxylic acids is 1. The van der Waals surface area contributed by atoms with E-state index in [0.29, 0.717) is 19.5 Å². The summed E-state index contributed by atoms with van der Waals surface area (Å²) < 4.78 is 0. The molecule has 0 saturated carbocycles. The molecule has 2 atom stereocenters.